The zero-order valence-corrected chi connectivity index (χ0v) is 17.6. The standard InChI is InChI=1S/C23H30O6/c1-12-14-5-6-16-22(3,21(25)26-4)17(29-13(2)24)7-9-23(16)11-28-20(18(14)23)19-15(12)8-10-27-19/h8,10,12,14,16-18,20H,5-7,9,11H2,1-4H3/t12-,14+,16+,17+,18-,20-,22+,23-/m1/s1. The quantitative estimate of drug-likeness (QED) is 0.696. The Morgan fingerprint density at radius 1 is 1.24 bits per heavy atom. The molecule has 5 rings (SSSR count). The van der Waals surface area contributed by atoms with Crippen LogP contribution in [0, 0.1) is 28.6 Å². The van der Waals surface area contributed by atoms with Crippen molar-refractivity contribution in [3.63, 3.8) is 0 Å². The average Bonchev–Trinajstić information content (AvgIpc) is 3.33. The van der Waals surface area contributed by atoms with Crippen LogP contribution >= 0.6 is 0 Å². The summed E-state index contributed by atoms with van der Waals surface area (Å²) in [5.41, 5.74) is 0.289. The lowest BCUT2D eigenvalue weighted by Gasteiger charge is -2.60. The largest absolute Gasteiger partial charge is 0.468 e. The Labute approximate surface area is 171 Å². The summed E-state index contributed by atoms with van der Waals surface area (Å²) < 4.78 is 23.3. The second kappa shape index (κ2) is 6.34. The number of esters is 2. The first-order valence-corrected chi connectivity index (χ1v) is 10.8. The molecule has 29 heavy (non-hydrogen) atoms. The molecule has 2 saturated carbocycles. The maximum atomic E-state index is 13.1. The fraction of sp³-hybridized carbons (Fsp3) is 0.739. The number of fused-ring (bicyclic) bond motifs is 2. The summed E-state index contributed by atoms with van der Waals surface area (Å²) in [6, 6.07) is 2.09. The Morgan fingerprint density at radius 2 is 2.03 bits per heavy atom. The number of methoxy groups -OCH3 is 1. The highest BCUT2D eigenvalue weighted by Gasteiger charge is 2.70. The van der Waals surface area contributed by atoms with E-state index in [9.17, 15) is 9.59 Å². The smallest absolute Gasteiger partial charge is 0.315 e. The lowest BCUT2D eigenvalue weighted by atomic mass is 9.43. The van der Waals surface area contributed by atoms with Crippen molar-refractivity contribution < 1.29 is 28.2 Å². The zero-order chi connectivity index (χ0) is 20.6. The molecule has 3 fully saturated rings. The summed E-state index contributed by atoms with van der Waals surface area (Å²) in [5.74, 6) is 1.64. The van der Waals surface area contributed by atoms with Crippen LogP contribution in [0.1, 0.15) is 69.8 Å². The highest BCUT2D eigenvalue weighted by Crippen LogP contribution is 2.71. The van der Waals surface area contributed by atoms with Crippen LogP contribution in [0.3, 0.4) is 0 Å². The number of carbonyl (C=O) groups is 2. The minimum absolute atomic E-state index is 0.0452. The third-order valence-corrected chi connectivity index (χ3v) is 8.78. The second-order valence-corrected chi connectivity index (χ2v) is 9.72. The molecule has 1 spiro atoms. The lowest BCUT2D eigenvalue weighted by molar-refractivity contribution is -0.203. The van der Waals surface area contributed by atoms with E-state index in [0.717, 1.165) is 25.0 Å². The highest BCUT2D eigenvalue weighted by molar-refractivity contribution is 5.79. The van der Waals surface area contributed by atoms with Crippen molar-refractivity contribution in [1.82, 2.24) is 0 Å². The molecule has 1 saturated heterocycles. The van der Waals surface area contributed by atoms with Crippen LogP contribution in [0.4, 0.5) is 0 Å². The van der Waals surface area contributed by atoms with E-state index in [-0.39, 0.29) is 29.4 Å². The molecule has 1 aromatic heterocycles. The summed E-state index contributed by atoms with van der Waals surface area (Å²) in [4.78, 5) is 24.9. The molecule has 6 nitrogen and oxygen atoms in total. The van der Waals surface area contributed by atoms with Crippen molar-refractivity contribution >= 4 is 11.9 Å². The van der Waals surface area contributed by atoms with Crippen molar-refractivity contribution in [3.05, 3.63) is 23.7 Å². The normalized spacial score (nSPS) is 45.0. The zero-order valence-electron chi connectivity index (χ0n) is 17.6. The number of hydrogen-bond donors (Lipinski definition) is 0. The van der Waals surface area contributed by atoms with Crippen LogP contribution in [-0.2, 0) is 23.8 Å². The lowest BCUT2D eigenvalue weighted by Crippen LogP contribution is -2.62. The Hall–Kier alpha value is -1.82. The van der Waals surface area contributed by atoms with E-state index in [1.165, 1.54) is 19.6 Å². The minimum atomic E-state index is -0.866. The topological polar surface area (TPSA) is 75.0 Å². The van der Waals surface area contributed by atoms with Crippen LogP contribution < -0.4 is 0 Å². The molecule has 0 radical (unpaired) electrons. The van der Waals surface area contributed by atoms with E-state index in [2.05, 4.69) is 13.0 Å². The summed E-state index contributed by atoms with van der Waals surface area (Å²) in [5, 5.41) is 0. The fourth-order valence-corrected chi connectivity index (χ4v) is 7.63. The Bertz CT molecular complexity index is 844. The van der Waals surface area contributed by atoms with Gasteiger partial charge in [-0.25, -0.2) is 0 Å². The highest BCUT2D eigenvalue weighted by atomic mass is 16.6. The first-order chi connectivity index (χ1) is 13.8. The Morgan fingerprint density at radius 3 is 2.76 bits per heavy atom. The monoisotopic (exact) mass is 402 g/mol. The van der Waals surface area contributed by atoms with Crippen LogP contribution in [0.15, 0.2) is 16.7 Å². The molecule has 158 valence electrons. The third kappa shape index (κ3) is 2.32. The van der Waals surface area contributed by atoms with Crippen molar-refractivity contribution in [2.24, 2.45) is 28.6 Å². The van der Waals surface area contributed by atoms with Gasteiger partial charge >= 0.3 is 11.9 Å². The summed E-state index contributed by atoms with van der Waals surface area (Å²) in [6.07, 6.45) is 4.76. The molecule has 0 unspecified atom stereocenters. The third-order valence-electron chi connectivity index (χ3n) is 8.78. The van der Waals surface area contributed by atoms with Gasteiger partial charge in [-0.15, -0.1) is 0 Å². The van der Waals surface area contributed by atoms with E-state index in [1.807, 2.05) is 6.92 Å². The molecule has 8 atom stereocenters. The van der Waals surface area contributed by atoms with Gasteiger partial charge in [0.2, 0.25) is 0 Å². The van der Waals surface area contributed by atoms with Gasteiger partial charge < -0.3 is 18.6 Å². The van der Waals surface area contributed by atoms with Gasteiger partial charge in [0, 0.05) is 18.3 Å². The number of hydrogen-bond acceptors (Lipinski definition) is 6. The SMILES string of the molecule is COC(=O)[C@]1(C)[C@@H](OC(C)=O)CC[C@@]23CO[C@H]4c5occc5[C@H](C)[C@H](CC[C@H]21)[C@H]43. The van der Waals surface area contributed by atoms with E-state index >= 15 is 0 Å². The predicted molar refractivity (Wildman–Crippen MR) is 103 cm³/mol. The van der Waals surface area contributed by atoms with Gasteiger partial charge in [-0.1, -0.05) is 6.92 Å². The summed E-state index contributed by atoms with van der Waals surface area (Å²) in [6.45, 7) is 6.27. The molecular weight excluding hydrogens is 372 g/mol. The minimum Gasteiger partial charge on any atom is -0.468 e. The molecule has 1 aliphatic heterocycles. The maximum absolute atomic E-state index is 13.1. The molecule has 0 N–H and O–H groups in total. The van der Waals surface area contributed by atoms with E-state index in [4.69, 9.17) is 18.6 Å². The summed E-state index contributed by atoms with van der Waals surface area (Å²) >= 11 is 0. The average molecular weight is 402 g/mol. The summed E-state index contributed by atoms with van der Waals surface area (Å²) in [7, 11) is 1.43. The van der Waals surface area contributed by atoms with Gasteiger partial charge in [0.1, 0.15) is 23.4 Å². The van der Waals surface area contributed by atoms with Crippen LogP contribution in [0.5, 0.6) is 0 Å². The molecule has 0 aromatic carbocycles. The first kappa shape index (κ1) is 19.2. The van der Waals surface area contributed by atoms with Gasteiger partial charge in [-0.3, -0.25) is 9.59 Å². The van der Waals surface area contributed by atoms with Crippen LogP contribution in [0.25, 0.3) is 0 Å². The molecule has 3 aliphatic carbocycles. The number of rotatable bonds is 2. The Kier molecular flexibility index (Phi) is 4.19. The maximum Gasteiger partial charge on any atom is 0.315 e. The number of furan rings is 1. The molecule has 1 aromatic rings. The molecule has 2 heterocycles. The van der Waals surface area contributed by atoms with Crippen molar-refractivity contribution in [1.29, 1.82) is 0 Å². The van der Waals surface area contributed by atoms with Crippen molar-refractivity contribution in [2.75, 3.05) is 13.7 Å². The van der Waals surface area contributed by atoms with E-state index < -0.39 is 11.5 Å². The Balaban J connectivity index is 1.60. The first-order valence-electron chi connectivity index (χ1n) is 10.8. The molecular formula is C23H30O6. The van der Waals surface area contributed by atoms with Gasteiger partial charge in [-0.2, -0.15) is 0 Å². The molecule has 4 aliphatic rings. The predicted octanol–water partition coefficient (Wildman–Crippen LogP) is 4.00. The fourth-order valence-electron chi connectivity index (χ4n) is 7.63. The van der Waals surface area contributed by atoms with E-state index in [0.29, 0.717) is 30.8 Å². The van der Waals surface area contributed by atoms with Gasteiger partial charge in [0.15, 0.2) is 0 Å². The molecule has 6 heteroatoms. The second-order valence-electron chi connectivity index (χ2n) is 9.72. The molecule has 0 bridgehead atoms. The number of ether oxygens (including phenoxy) is 3. The van der Waals surface area contributed by atoms with Gasteiger partial charge in [0.05, 0.1) is 20.0 Å². The number of carbonyl (C=O) groups excluding carboxylic acids is 2. The van der Waals surface area contributed by atoms with E-state index in [1.54, 1.807) is 6.26 Å². The van der Waals surface area contributed by atoms with Gasteiger partial charge in [0.25, 0.3) is 0 Å². The van der Waals surface area contributed by atoms with Crippen LogP contribution in [-0.4, -0.2) is 31.8 Å². The van der Waals surface area contributed by atoms with Crippen molar-refractivity contribution in [2.45, 2.75) is 64.6 Å². The van der Waals surface area contributed by atoms with Crippen molar-refractivity contribution in [3.8, 4) is 0 Å². The van der Waals surface area contributed by atoms with Crippen LogP contribution in [0.2, 0.25) is 0 Å². The van der Waals surface area contributed by atoms with Gasteiger partial charge in [-0.05, 0) is 62.0 Å². The molecule has 0 amide bonds.